The van der Waals surface area contributed by atoms with Gasteiger partial charge in [-0.15, -0.1) is 10.2 Å². The van der Waals surface area contributed by atoms with Crippen molar-refractivity contribution in [1.29, 1.82) is 0 Å². The van der Waals surface area contributed by atoms with Crippen molar-refractivity contribution >= 4 is 27.6 Å². The second kappa shape index (κ2) is 13.9. The van der Waals surface area contributed by atoms with Crippen molar-refractivity contribution in [1.82, 2.24) is 24.7 Å². The molecular weight excluding hydrogens is 536 g/mol. The minimum Gasteiger partial charge on any atom is -0.382 e. The molecule has 38 heavy (non-hydrogen) atoms. The van der Waals surface area contributed by atoms with E-state index in [9.17, 15) is 8.42 Å². The molecule has 1 N–H and O–H groups in total. The lowest BCUT2D eigenvalue weighted by atomic mass is 10.1. The van der Waals surface area contributed by atoms with E-state index in [0.717, 1.165) is 19.3 Å². The number of nitrogens with one attached hydrogen (secondary N) is 1. The first-order chi connectivity index (χ1) is 18.1. The van der Waals surface area contributed by atoms with Crippen LogP contribution in [-0.2, 0) is 35.4 Å². The quantitative estimate of drug-likeness (QED) is 0.337. The van der Waals surface area contributed by atoms with Crippen LogP contribution >= 0.6 is 11.6 Å². The van der Waals surface area contributed by atoms with E-state index in [4.69, 9.17) is 30.5 Å². The molecule has 0 amide bonds. The van der Waals surface area contributed by atoms with Gasteiger partial charge in [-0.1, -0.05) is 18.5 Å². The highest BCUT2D eigenvalue weighted by molar-refractivity contribution is 7.93. The summed E-state index contributed by atoms with van der Waals surface area (Å²) in [5, 5.41) is 7.83. The molecule has 0 aromatic carbocycles. The van der Waals surface area contributed by atoms with E-state index in [1.807, 2.05) is 13.8 Å². The molecule has 0 radical (unpaired) electrons. The summed E-state index contributed by atoms with van der Waals surface area (Å²) in [4.78, 5) is 8.40. The second-order valence-corrected chi connectivity index (χ2v) is 12.1. The number of methoxy groups -OCH3 is 2. The fourth-order valence-electron chi connectivity index (χ4n) is 4.46. The largest absolute Gasteiger partial charge is 0.382 e. The first-order valence-corrected chi connectivity index (χ1v) is 14.7. The summed E-state index contributed by atoms with van der Waals surface area (Å²) in [5.41, 5.74) is 0. The molecular formula is C24H39ClN6O6S. The van der Waals surface area contributed by atoms with Crippen LogP contribution in [-0.4, -0.2) is 84.1 Å². The van der Waals surface area contributed by atoms with Crippen LogP contribution in [0, 0.1) is 0 Å². The molecule has 12 nitrogen and oxygen atoms in total. The molecule has 1 fully saturated rings. The maximum atomic E-state index is 13.6. The maximum Gasteiger partial charge on any atom is 0.240 e. The van der Waals surface area contributed by atoms with Crippen LogP contribution < -0.4 is 4.72 Å². The van der Waals surface area contributed by atoms with Crippen molar-refractivity contribution in [3.8, 4) is 0 Å². The van der Waals surface area contributed by atoms with Crippen molar-refractivity contribution in [3.63, 3.8) is 0 Å². The van der Waals surface area contributed by atoms with Crippen LogP contribution in [0.5, 0.6) is 0 Å². The number of ether oxygens (including phenoxy) is 4. The van der Waals surface area contributed by atoms with Gasteiger partial charge in [0.2, 0.25) is 16.0 Å². The second-order valence-electron chi connectivity index (χ2n) is 9.66. The van der Waals surface area contributed by atoms with Crippen molar-refractivity contribution in [2.24, 2.45) is 0 Å². The smallest absolute Gasteiger partial charge is 0.240 e. The molecule has 14 heteroatoms. The molecule has 2 aromatic heterocycles. The van der Waals surface area contributed by atoms with E-state index < -0.39 is 21.4 Å². The maximum absolute atomic E-state index is 13.6. The molecule has 0 unspecified atom stereocenters. The lowest BCUT2D eigenvalue weighted by Crippen LogP contribution is -2.35. The van der Waals surface area contributed by atoms with Gasteiger partial charge in [0.05, 0.1) is 42.6 Å². The van der Waals surface area contributed by atoms with Crippen molar-refractivity contribution in [3.05, 3.63) is 29.1 Å². The highest BCUT2D eigenvalue weighted by atomic mass is 35.5. The Labute approximate surface area is 229 Å². The number of nitrogens with zero attached hydrogens (tertiary/aromatic N) is 5. The van der Waals surface area contributed by atoms with Crippen LogP contribution in [0.2, 0.25) is 5.02 Å². The molecule has 1 aliphatic rings. The van der Waals surface area contributed by atoms with E-state index >= 15 is 0 Å². The normalized spacial score (nSPS) is 19.8. The highest BCUT2D eigenvalue weighted by Gasteiger charge is 2.36. The van der Waals surface area contributed by atoms with E-state index in [1.54, 1.807) is 18.8 Å². The van der Waals surface area contributed by atoms with Crippen LogP contribution in [0.25, 0.3) is 0 Å². The number of anilines is 1. The SMILES string of the molecule is CC[C@@H]1CC[C@H](Cc2nnc(NS(=O)(=O)[C@@H](C)[C@@H](OC(C)C)c3ncc(Cl)cn3)n2C(COC)COC)O1. The predicted octanol–water partition coefficient (Wildman–Crippen LogP) is 3.35. The minimum atomic E-state index is -4.05. The third-order valence-corrected chi connectivity index (χ3v) is 8.26. The fourth-order valence-corrected chi connectivity index (χ4v) is 5.65. The Bertz CT molecular complexity index is 1110. The molecule has 3 heterocycles. The van der Waals surface area contributed by atoms with Gasteiger partial charge in [0.15, 0.2) is 5.82 Å². The Balaban J connectivity index is 1.93. The van der Waals surface area contributed by atoms with Crippen molar-refractivity contribution < 1.29 is 27.4 Å². The van der Waals surface area contributed by atoms with Gasteiger partial charge < -0.3 is 18.9 Å². The van der Waals surface area contributed by atoms with Crippen LogP contribution in [0.3, 0.4) is 0 Å². The Morgan fingerprint density at radius 3 is 2.29 bits per heavy atom. The third-order valence-electron chi connectivity index (χ3n) is 6.37. The first-order valence-electron chi connectivity index (χ1n) is 12.8. The van der Waals surface area contributed by atoms with Gasteiger partial charge in [-0.05, 0) is 40.0 Å². The topological polar surface area (TPSA) is 140 Å². The number of halogens is 1. The molecule has 0 spiro atoms. The Kier molecular flexibility index (Phi) is 11.2. The van der Waals surface area contributed by atoms with Crippen LogP contribution in [0.4, 0.5) is 5.95 Å². The minimum absolute atomic E-state index is 0.0251. The van der Waals surface area contributed by atoms with Crippen molar-refractivity contribution in [2.45, 2.75) is 89.1 Å². The summed E-state index contributed by atoms with van der Waals surface area (Å²) in [6.45, 7) is 7.80. The summed E-state index contributed by atoms with van der Waals surface area (Å²) in [6.07, 6.45) is 5.09. The fraction of sp³-hybridized carbons (Fsp3) is 0.750. The van der Waals surface area contributed by atoms with Gasteiger partial charge in [-0.25, -0.2) is 18.4 Å². The summed E-state index contributed by atoms with van der Waals surface area (Å²) in [5.74, 6) is 0.868. The molecule has 1 saturated heterocycles. The van der Waals surface area contributed by atoms with E-state index in [0.29, 0.717) is 17.3 Å². The van der Waals surface area contributed by atoms with Gasteiger partial charge >= 0.3 is 0 Å². The van der Waals surface area contributed by atoms with E-state index in [2.05, 4.69) is 31.8 Å². The molecule has 1 aliphatic heterocycles. The van der Waals surface area contributed by atoms with Gasteiger partial charge in [0, 0.05) is 33.0 Å². The molecule has 0 bridgehead atoms. The van der Waals surface area contributed by atoms with Gasteiger partial charge in [0.25, 0.3) is 0 Å². The lowest BCUT2D eigenvalue weighted by Gasteiger charge is -2.26. The average Bonchev–Trinajstić information content (AvgIpc) is 3.49. The average molecular weight is 575 g/mol. The molecule has 0 aliphatic carbocycles. The Hall–Kier alpha value is -1.90. The number of rotatable bonds is 15. The Morgan fingerprint density at radius 2 is 1.74 bits per heavy atom. The molecule has 214 valence electrons. The summed E-state index contributed by atoms with van der Waals surface area (Å²) < 4.78 is 54.5. The summed E-state index contributed by atoms with van der Waals surface area (Å²) >= 11 is 5.93. The predicted molar refractivity (Wildman–Crippen MR) is 143 cm³/mol. The van der Waals surface area contributed by atoms with Gasteiger partial charge in [-0.2, -0.15) is 0 Å². The van der Waals surface area contributed by atoms with Crippen LogP contribution in [0.15, 0.2) is 12.4 Å². The summed E-state index contributed by atoms with van der Waals surface area (Å²) in [6, 6.07) is -0.367. The zero-order valence-electron chi connectivity index (χ0n) is 22.8. The number of hydrogen-bond donors (Lipinski definition) is 1. The Morgan fingerprint density at radius 1 is 1.11 bits per heavy atom. The molecule has 3 rings (SSSR count). The summed E-state index contributed by atoms with van der Waals surface area (Å²) in [7, 11) is -0.905. The van der Waals surface area contributed by atoms with Gasteiger partial charge in [0.1, 0.15) is 17.2 Å². The number of sulfonamides is 1. The van der Waals surface area contributed by atoms with Crippen molar-refractivity contribution in [2.75, 3.05) is 32.2 Å². The zero-order chi connectivity index (χ0) is 27.9. The standard InChI is InChI=1S/C24H39ClN6O6S/c1-7-19-8-9-20(37-19)10-21-28-29-24(31(21)18(13-34-5)14-35-6)30-38(32,33)16(4)22(36-15(2)3)23-26-11-17(25)12-27-23/h11-12,15-16,18-20,22H,7-10,13-14H2,1-6H3,(H,29,30)/t16-,19+,20+,22+/m0/s1. The number of hydrogen-bond acceptors (Lipinski definition) is 10. The van der Waals surface area contributed by atoms with Crippen LogP contribution in [0.1, 0.15) is 70.8 Å². The van der Waals surface area contributed by atoms with E-state index in [1.165, 1.54) is 19.3 Å². The highest BCUT2D eigenvalue weighted by Crippen LogP contribution is 2.29. The first kappa shape index (κ1) is 30.6. The molecule has 2 aromatic rings. The lowest BCUT2D eigenvalue weighted by molar-refractivity contribution is 0.00154. The third kappa shape index (κ3) is 7.82. The molecule has 4 atom stereocenters. The molecule has 0 saturated carbocycles. The zero-order valence-corrected chi connectivity index (χ0v) is 24.4. The van der Waals surface area contributed by atoms with E-state index in [-0.39, 0.29) is 49.3 Å². The monoisotopic (exact) mass is 574 g/mol. The number of aromatic nitrogens is 5. The van der Waals surface area contributed by atoms with Gasteiger partial charge in [-0.3, -0.25) is 9.29 Å².